The molecule has 0 N–H and O–H groups in total. The maximum atomic E-state index is 13.2. The van der Waals surface area contributed by atoms with E-state index in [1.165, 1.54) is 18.9 Å². The monoisotopic (exact) mass is 190 g/mol. The highest BCUT2D eigenvalue weighted by atomic mass is 19.1. The van der Waals surface area contributed by atoms with Gasteiger partial charge in [0.05, 0.1) is 6.61 Å². The Bertz CT molecular complexity index is 374. The maximum absolute atomic E-state index is 13.2. The Morgan fingerprint density at radius 3 is 2.93 bits per heavy atom. The van der Waals surface area contributed by atoms with Crippen LogP contribution in [0.15, 0.2) is 18.2 Å². The van der Waals surface area contributed by atoms with Crippen LogP contribution < -0.4 is 4.74 Å². The molecular weight excluding hydrogens is 179 g/mol. The van der Waals surface area contributed by atoms with Crippen molar-refractivity contribution in [2.75, 3.05) is 6.61 Å². The normalized spacial score (nSPS) is 14.9. The van der Waals surface area contributed by atoms with Crippen LogP contribution in [-0.4, -0.2) is 6.61 Å². The minimum atomic E-state index is -0.343. The summed E-state index contributed by atoms with van der Waals surface area (Å²) in [4.78, 5) is 0. The van der Waals surface area contributed by atoms with Gasteiger partial charge in [0, 0.05) is 5.56 Å². The van der Waals surface area contributed by atoms with Gasteiger partial charge in [-0.1, -0.05) is 5.92 Å². The third-order valence-electron chi connectivity index (χ3n) is 2.27. The van der Waals surface area contributed by atoms with Crippen molar-refractivity contribution < 1.29 is 9.13 Å². The van der Waals surface area contributed by atoms with Gasteiger partial charge in [-0.3, -0.25) is 0 Å². The number of terminal acetylenes is 1. The third-order valence-corrected chi connectivity index (χ3v) is 2.27. The van der Waals surface area contributed by atoms with Crippen LogP contribution in [-0.2, 0) is 0 Å². The first-order valence-electron chi connectivity index (χ1n) is 4.68. The molecule has 0 atom stereocenters. The second-order valence-electron chi connectivity index (χ2n) is 3.54. The van der Waals surface area contributed by atoms with Crippen LogP contribution in [0, 0.1) is 24.1 Å². The van der Waals surface area contributed by atoms with Crippen LogP contribution in [0.1, 0.15) is 18.4 Å². The van der Waals surface area contributed by atoms with E-state index in [9.17, 15) is 4.39 Å². The van der Waals surface area contributed by atoms with Crippen LogP contribution in [0.5, 0.6) is 5.75 Å². The first kappa shape index (κ1) is 9.08. The lowest BCUT2D eigenvalue weighted by molar-refractivity contribution is 0.285. The second-order valence-corrected chi connectivity index (χ2v) is 3.54. The summed E-state index contributed by atoms with van der Waals surface area (Å²) >= 11 is 0. The van der Waals surface area contributed by atoms with Crippen LogP contribution in [0.25, 0.3) is 0 Å². The lowest BCUT2D eigenvalue weighted by Crippen LogP contribution is -2.00. The van der Waals surface area contributed by atoms with E-state index in [2.05, 4.69) is 5.92 Å². The molecule has 72 valence electrons. The largest absolute Gasteiger partial charge is 0.490 e. The zero-order valence-corrected chi connectivity index (χ0v) is 7.79. The smallest absolute Gasteiger partial charge is 0.165 e. The molecule has 0 radical (unpaired) electrons. The zero-order chi connectivity index (χ0) is 9.97. The Hall–Kier alpha value is -1.49. The Labute approximate surface area is 82.9 Å². The number of benzene rings is 1. The van der Waals surface area contributed by atoms with Crippen molar-refractivity contribution in [3.8, 4) is 18.1 Å². The molecule has 2 heteroatoms. The van der Waals surface area contributed by atoms with Gasteiger partial charge in [0.2, 0.25) is 0 Å². The molecule has 0 aliphatic heterocycles. The van der Waals surface area contributed by atoms with Gasteiger partial charge >= 0.3 is 0 Å². The molecule has 0 aromatic heterocycles. The summed E-state index contributed by atoms with van der Waals surface area (Å²) in [7, 11) is 0. The van der Waals surface area contributed by atoms with Gasteiger partial charge in [0.15, 0.2) is 11.6 Å². The van der Waals surface area contributed by atoms with Gasteiger partial charge in [0.25, 0.3) is 0 Å². The average Bonchev–Trinajstić information content (AvgIpc) is 3.00. The quantitative estimate of drug-likeness (QED) is 0.666. The SMILES string of the molecule is C#Cc1ccc(F)c(OCC2CC2)c1. The fourth-order valence-electron chi connectivity index (χ4n) is 1.20. The lowest BCUT2D eigenvalue weighted by Gasteiger charge is -2.06. The summed E-state index contributed by atoms with van der Waals surface area (Å²) < 4.78 is 18.5. The van der Waals surface area contributed by atoms with Gasteiger partial charge in [-0.05, 0) is 37.0 Å². The number of halogens is 1. The topological polar surface area (TPSA) is 9.23 Å². The molecule has 1 aromatic rings. The molecule has 2 rings (SSSR count). The van der Waals surface area contributed by atoms with E-state index in [1.54, 1.807) is 12.1 Å². The summed E-state index contributed by atoms with van der Waals surface area (Å²) in [6, 6.07) is 4.48. The molecule has 1 aliphatic carbocycles. The van der Waals surface area contributed by atoms with E-state index in [-0.39, 0.29) is 11.6 Å². The van der Waals surface area contributed by atoms with E-state index in [0.29, 0.717) is 18.1 Å². The van der Waals surface area contributed by atoms with Gasteiger partial charge in [-0.15, -0.1) is 6.42 Å². The van der Waals surface area contributed by atoms with Crippen molar-refractivity contribution in [2.24, 2.45) is 5.92 Å². The fourth-order valence-corrected chi connectivity index (χ4v) is 1.20. The molecule has 1 fully saturated rings. The van der Waals surface area contributed by atoms with Crippen molar-refractivity contribution in [3.05, 3.63) is 29.6 Å². The Kier molecular flexibility index (Phi) is 2.41. The van der Waals surface area contributed by atoms with Gasteiger partial charge in [-0.25, -0.2) is 4.39 Å². The standard InChI is InChI=1S/C12H11FO/c1-2-9-5-6-11(13)12(7-9)14-8-10-3-4-10/h1,5-7,10H,3-4,8H2. The molecule has 0 heterocycles. The molecule has 0 saturated heterocycles. The number of ether oxygens (including phenoxy) is 1. The number of hydrogen-bond acceptors (Lipinski definition) is 1. The molecule has 0 spiro atoms. The van der Waals surface area contributed by atoms with Crippen LogP contribution in [0.4, 0.5) is 4.39 Å². The highest BCUT2D eigenvalue weighted by Gasteiger charge is 2.22. The van der Waals surface area contributed by atoms with Gasteiger partial charge in [-0.2, -0.15) is 0 Å². The summed E-state index contributed by atoms with van der Waals surface area (Å²) in [6.07, 6.45) is 7.59. The van der Waals surface area contributed by atoms with E-state index < -0.39 is 0 Å². The van der Waals surface area contributed by atoms with Crippen LogP contribution in [0.2, 0.25) is 0 Å². The summed E-state index contributed by atoms with van der Waals surface area (Å²) in [5, 5.41) is 0. The first-order chi connectivity index (χ1) is 6.79. The first-order valence-corrected chi connectivity index (χ1v) is 4.68. The summed E-state index contributed by atoms with van der Waals surface area (Å²) in [6.45, 7) is 0.602. The molecular formula is C12H11FO. The van der Waals surface area contributed by atoms with Crippen molar-refractivity contribution in [1.29, 1.82) is 0 Å². The number of hydrogen-bond donors (Lipinski definition) is 0. The van der Waals surface area contributed by atoms with E-state index in [4.69, 9.17) is 11.2 Å². The van der Waals surface area contributed by atoms with E-state index in [1.807, 2.05) is 0 Å². The lowest BCUT2D eigenvalue weighted by atomic mass is 10.2. The van der Waals surface area contributed by atoms with Crippen LogP contribution >= 0.6 is 0 Å². The van der Waals surface area contributed by atoms with E-state index in [0.717, 1.165) is 0 Å². The Morgan fingerprint density at radius 1 is 1.50 bits per heavy atom. The van der Waals surface area contributed by atoms with Gasteiger partial charge < -0.3 is 4.74 Å². The van der Waals surface area contributed by atoms with Crippen LogP contribution in [0.3, 0.4) is 0 Å². The number of rotatable bonds is 3. The van der Waals surface area contributed by atoms with Crippen molar-refractivity contribution in [1.82, 2.24) is 0 Å². The Balaban J connectivity index is 2.09. The zero-order valence-electron chi connectivity index (χ0n) is 7.79. The van der Waals surface area contributed by atoms with Crippen molar-refractivity contribution >= 4 is 0 Å². The Morgan fingerprint density at radius 2 is 2.29 bits per heavy atom. The molecule has 0 bridgehead atoms. The summed E-state index contributed by atoms with van der Waals surface area (Å²) in [5.74, 6) is 2.99. The predicted molar refractivity (Wildman–Crippen MR) is 52.6 cm³/mol. The minimum Gasteiger partial charge on any atom is -0.490 e. The molecule has 1 nitrogen and oxygen atoms in total. The fraction of sp³-hybridized carbons (Fsp3) is 0.333. The predicted octanol–water partition coefficient (Wildman–Crippen LogP) is 2.60. The summed E-state index contributed by atoms with van der Waals surface area (Å²) in [5.41, 5.74) is 0.650. The second kappa shape index (κ2) is 3.71. The van der Waals surface area contributed by atoms with Crippen molar-refractivity contribution in [2.45, 2.75) is 12.8 Å². The highest BCUT2D eigenvalue weighted by molar-refractivity contribution is 5.39. The van der Waals surface area contributed by atoms with Crippen molar-refractivity contribution in [3.63, 3.8) is 0 Å². The maximum Gasteiger partial charge on any atom is 0.165 e. The van der Waals surface area contributed by atoms with Gasteiger partial charge in [0.1, 0.15) is 0 Å². The minimum absolute atomic E-state index is 0.271. The molecule has 14 heavy (non-hydrogen) atoms. The average molecular weight is 190 g/mol. The molecule has 1 aliphatic rings. The molecule has 1 aromatic carbocycles. The molecule has 0 unspecified atom stereocenters. The van der Waals surface area contributed by atoms with E-state index >= 15 is 0 Å². The third kappa shape index (κ3) is 2.05. The molecule has 1 saturated carbocycles. The highest BCUT2D eigenvalue weighted by Crippen LogP contribution is 2.30. The molecule has 0 amide bonds.